The molecule has 1 unspecified atom stereocenters. The van der Waals surface area contributed by atoms with Crippen LogP contribution in [0.4, 0.5) is 13.2 Å². The second kappa shape index (κ2) is 7.10. The number of rotatable bonds is 4. The standard InChI is InChI=1S/C18H17F3N4O3/c1-9(11-4-6-12(7-5-11)18(19,20)21)25-16-15(17(27)23-10(2)22-16)13(24-25)8-14(26)28-3/h4-7,9H,8H2,1-3H3,(H,22,23,27). The molecule has 10 heteroatoms. The normalized spacial score (nSPS) is 12.9. The van der Waals surface area contributed by atoms with E-state index < -0.39 is 29.3 Å². The van der Waals surface area contributed by atoms with E-state index in [4.69, 9.17) is 0 Å². The van der Waals surface area contributed by atoms with Crippen molar-refractivity contribution in [2.75, 3.05) is 7.11 Å². The predicted octanol–water partition coefficient (Wildman–Crippen LogP) is 2.77. The summed E-state index contributed by atoms with van der Waals surface area (Å²) in [6.07, 6.45) is -4.66. The van der Waals surface area contributed by atoms with Gasteiger partial charge in [-0.2, -0.15) is 18.3 Å². The van der Waals surface area contributed by atoms with E-state index in [0.29, 0.717) is 11.4 Å². The molecule has 1 atom stereocenters. The molecule has 0 saturated heterocycles. The molecule has 2 aromatic heterocycles. The fraction of sp³-hybridized carbons (Fsp3) is 0.333. The number of aromatic amines is 1. The van der Waals surface area contributed by atoms with Gasteiger partial charge in [0.2, 0.25) is 0 Å². The summed E-state index contributed by atoms with van der Waals surface area (Å²) in [6.45, 7) is 3.32. The summed E-state index contributed by atoms with van der Waals surface area (Å²) in [5, 5.41) is 4.49. The highest BCUT2D eigenvalue weighted by Gasteiger charge is 2.30. The van der Waals surface area contributed by atoms with Crippen LogP contribution in [0.5, 0.6) is 0 Å². The Bertz CT molecular complexity index is 1080. The van der Waals surface area contributed by atoms with E-state index in [2.05, 4.69) is 19.8 Å². The van der Waals surface area contributed by atoms with Gasteiger partial charge in [0.15, 0.2) is 5.65 Å². The molecule has 7 nitrogen and oxygen atoms in total. The molecule has 0 aliphatic heterocycles. The van der Waals surface area contributed by atoms with Crippen LogP contribution < -0.4 is 5.56 Å². The monoisotopic (exact) mass is 394 g/mol. The number of aromatic nitrogens is 4. The van der Waals surface area contributed by atoms with Crippen LogP contribution in [-0.2, 0) is 22.1 Å². The zero-order chi connectivity index (χ0) is 20.6. The number of methoxy groups -OCH3 is 1. The average Bonchev–Trinajstić information content (AvgIpc) is 2.98. The number of fused-ring (bicyclic) bond motifs is 1. The fourth-order valence-electron chi connectivity index (χ4n) is 2.92. The van der Waals surface area contributed by atoms with Gasteiger partial charge in [-0.25, -0.2) is 9.67 Å². The van der Waals surface area contributed by atoms with Gasteiger partial charge in [-0.3, -0.25) is 9.59 Å². The first-order chi connectivity index (χ1) is 13.1. The van der Waals surface area contributed by atoms with Crippen LogP contribution in [0.2, 0.25) is 0 Å². The van der Waals surface area contributed by atoms with Crippen molar-refractivity contribution in [2.45, 2.75) is 32.5 Å². The van der Waals surface area contributed by atoms with Crippen molar-refractivity contribution in [3.63, 3.8) is 0 Å². The van der Waals surface area contributed by atoms with Crippen LogP contribution in [0.1, 0.15) is 35.6 Å². The molecule has 3 rings (SSSR count). The lowest BCUT2D eigenvalue weighted by Crippen LogP contribution is -2.14. The molecule has 1 N–H and O–H groups in total. The smallest absolute Gasteiger partial charge is 0.416 e. The summed E-state index contributed by atoms with van der Waals surface area (Å²) in [5.41, 5.74) is -0.235. The summed E-state index contributed by atoms with van der Waals surface area (Å²) in [4.78, 5) is 30.9. The Labute approximate surface area is 157 Å². The van der Waals surface area contributed by atoms with E-state index in [1.165, 1.54) is 23.9 Å². The molecule has 0 saturated carbocycles. The van der Waals surface area contributed by atoms with Crippen molar-refractivity contribution in [3.05, 3.63) is 57.3 Å². The van der Waals surface area contributed by atoms with Gasteiger partial charge in [0.1, 0.15) is 11.2 Å². The van der Waals surface area contributed by atoms with Gasteiger partial charge in [-0.05, 0) is 31.5 Å². The molecule has 0 fully saturated rings. The molecule has 2 heterocycles. The molecule has 0 spiro atoms. The fourth-order valence-corrected chi connectivity index (χ4v) is 2.92. The lowest BCUT2D eigenvalue weighted by molar-refractivity contribution is -0.140. The van der Waals surface area contributed by atoms with Crippen LogP contribution in [0.15, 0.2) is 29.1 Å². The summed E-state index contributed by atoms with van der Waals surface area (Å²) < 4.78 is 44.4. The predicted molar refractivity (Wildman–Crippen MR) is 93.9 cm³/mol. The van der Waals surface area contributed by atoms with E-state index in [9.17, 15) is 22.8 Å². The SMILES string of the molecule is COC(=O)Cc1nn(C(C)c2ccc(C(F)(F)F)cc2)c2nc(C)[nH]c(=O)c12. The number of hydrogen-bond donors (Lipinski definition) is 1. The molecule has 1 aromatic carbocycles. The summed E-state index contributed by atoms with van der Waals surface area (Å²) in [7, 11) is 1.22. The van der Waals surface area contributed by atoms with Gasteiger partial charge in [0, 0.05) is 0 Å². The van der Waals surface area contributed by atoms with E-state index in [1.54, 1.807) is 13.8 Å². The van der Waals surface area contributed by atoms with Crippen LogP contribution in [-0.4, -0.2) is 32.8 Å². The van der Waals surface area contributed by atoms with E-state index in [-0.39, 0.29) is 23.1 Å². The summed E-state index contributed by atoms with van der Waals surface area (Å²) in [6, 6.07) is 4.14. The Morgan fingerprint density at radius 2 is 1.93 bits per heavy atom. The number of carbonyl (C=O) groups is 1. The molecule has 0 radical (unpaired) electrons. The highest BCUT2D eigenvalue weighted by Crippen LogP contribution is 2.31. The first kappa shape index (κ1) is 19.6. The molecule has 0 aliphatic carbocycles. The highest BCUT2D eigenvalue weighted by atomic mass is 19.4. The summed E-state index contributed by atoms with van der Waals surface area (Å²) in [5.74, 6) is -0.225. The number of halogens is 3. The quantitative estimate of drug-likeness (QED) is 0.688. The van der Waals surface area contributed by atoms with Crippen molar-refractivity contribution in [1.29, 1.82) is 0 Å². The van der Waals surface area contributed by atoms with Gasteiger partial charge in [0.05, 0.1) is 30.8 Å². The minimum Gasteiger partial charge on any atom is -0.469 e. The van der Waals surface area contributed by atoms with Crippen LogP contribution >= 0.6 is 0 Å². The number of nitrogens with one attached hydrogen (secondary N) is 1. The topological polar surface area (TPSA) is 89.9 Å². The van der Waals surface area contributed by atoms with Crippen molar-refractivity contribution in [3.8, 4) is 0 Å². The lowest BCUT2D eigenvalue weighted by Gasteiger charge is -2.15. The van der Waals surface area contributed by atoms with Gasteiger partial charge >= 0.3 is 12.1 Å². The van der Waals surface area contributed by atoms with Crippen molar-refractivity contribution in [1.82, 2.24) is 19.7 Å². The Hall–Kier alpha value is -3.17. The Balaban J connectivity index is 2.11. The summed E-state index contributed by atoms with van der Waals surface area (Å²) >= 11 is 0. The molecular weight excluding hydrogens is 377 g/mol. The number of esters is 1. The number of carbonyl (C=O) groups excluding carboxylic acids is 1. The second-order valence-electron chi connectivity index (χ2n) is 6.29. The van der Waals surface area contributed by atoms with Crippen LogP contribution in [0.25, 0.3) is 11.0 Å². The number of H-pyrrole nitrogens is 1. The number of aryl methyl sites for hydroxylation is 1. The maximum atomic E-state index is 12.8. The number of benzene rings is 1. The molecular formula is C18H17F3N4O3. The zero-order valence-electron chi connectivity index (χ0n) is 15.3. The van der Waals surface area contributed by atoms with Crippen LogP contribution in [0.3, 0.4) is 0 Å². The van der Waals surface area contributed by atoms with Crippen molar-refractivity contribution >= 4 is 17.0 Å². The van der Waals surface area contributed by atoms with Gasteiger partial charge in [-0.15, -0.1) is 0 Å². The number of ether oxygens (including phenoxy) is 1. The molecule has 0 amide bonds. The van der Waals surface area contributed by atoms with Gasteiger partial charge in [0.25, 0.3) is 5.56 Å². The zero-order valence-corrected chi connectivity index (χ0v) is 15.3. The number of alkyl halides is 3. The third kappa shape index (κ3) is 3.62. The maximum absolute atomic E-state index is 12.8. The minimum atomic E-state index is -4.43. The van der Waals surface area contributed by atoms with E-state index >= 15 is 0 Å². The van der Waals surface area contributed by atoms with E-state index in [0.717, 1.165) is 12.1 Å². The Morgan fingerprint density at radius 1 is 1.29 bits per heavy atom. The number of nitrogens with zero attached hydrogens (tertiary/aromatic N) is 3. The van der Waals surface area contributed by atoms with Crippen molar-refractivity contribution < 1.29 is 22.7 Å². The first-order valence-corrected chi connectivity index (χ1v) is 8.33. The second-order valence-corrected chi connectivity index (χ2v) is 6.29. The highest BCUT2D eigenvalue weighted by molar-refractivity contribution is 5.83. The van der Waals surface area contributed by atoms with E-state index in [1.807, 2.05) is 0 Å². The minimum absolute atomic E-state index is 0.148. The molecule has 0 aliphatic rings. The molecule has 3 aromatic rings. The molecule has 148 valence electrons. The van der Waals surface area contributed by atoms with Gasteiger partial charge < -0.3 is 9.72 Å². The first-order valence-electron chi connectivity index (χ1n) is 8.33. The number of hydrogen-bond acceptors (Lipinski definition) is 5. The lowest BCUT2D eigenvalue weighted by atomic mass is 10.1. The Kier molecular flexibility index (Phi) is 4.97. The molecule has 0 bridgehead atoms. The largest absolute Gasteiger partial charge is 0.469 e. The third-order valence-electron chi connectivity index (χ3n) is 4.38. The maximum Gasteiger partial charge on any atom is 0.416 e. The van der Waals surface area contributed by atoms with Gasteiger partial charge in [-0.1, -0.05) is 12.1 Å². The Morgan fingerprint density at radius 3 is 2.50 bits per heavy atom. The average molecular weight is 394 g/mol. The van der Waals surface area contributed by atoms with Crippen LogP contribution in [0, 0.1) is 6.92 Å². The van der Waals surface area contributed by atoms with Crippen molar-refractivity contribution in [2.24, 2.45) is 0 Å². The molecule has 28 heavy (non-hydrogen) atoms. The third-order valence-corrected chi connectivity index (χ3v) is 4.38.